The van der Waals surface area contributed by atoms with Crippen molar-refractivity contribution in [1.29, 1.82) is 0 Å². The summed E-state index contributed by atoms with van der Waals surface area (Å²) in [4.78, 5) is 2.35. The van der Waals surface area contributed by atoms with Crippen LogP contribution in [0.5, 0.6) is 0 Å². The van der Waals surface area contributed by atoms with E-state index >= 15 is 0 Å². The molecule has 0 bridgehead atoms. The predicted octanol–water partition coefficient (Wildman–Crippen LogP) is 3.23. The van der Waals surface area contributed by atoms with E-state index in [2.05, 4.69) is 49.9 Å². The predicted molar refractivity (Wildman–Crippen MR) is 79.2 cm³/mol. The molecule has 1 aromatic carbocycles. The van der Waals surface area contributed by atoms with E-state index in [1.54, 1.807) is 0 Å². The normalized spacial score (nSPS) is 11.8. The van der Waals surface area contributed by atoms with Crippen LogP contribution in [0.3, 0.4) is 0 Å². The quantitative estimate of drug-likeness (QED) is 0.847. The lowest BCUT2D eigenvalue weighted by atomic mass is 10.0. The Morgan fingerprint density at radius 3 is 2.00 bits per heavy atom. The van der Waals surface area contributed by atoms with E-state index in [0.29, 0.717) is 6.04 Å². The van der Waals surface area contributed by atoms with Crippen molar-refractivity contribution in [2.75, 3.05) is 18.0 Å². The number of anilines is 1. The van der Waals surface area contributed by atoms with Gasteiger partial charge in [-0.15, -0.1) is 12.4 Å². The first-order chi connectivity index (χ1) is 7.71. The van der Waals surface area contributed by atoms with Crippen molar-refractivity contribution in [3.63, 3.8) is 0 Å². The van der Waals surface area contributed by atoms with E-state index in [9.17, 15) is 0 Å². The van der Waals surface area contributed by atoms with Crippen molar-refractivity contribution in [3.8, 4) is 0 Å². The molecule has 2 N–H and O–H groups in total. The van der Waals surface area contributed by atoms with Gasteiger partial charge in [0.2, 0.25) is 0 Å². The summed E-state index contributed by atoms with van der Waals surface area (Å²) < 4.78 is 0. The summed E-state index contributed by atoms with van der Waals surface area (Å²) in [7, 11) is 0. The monoisotopic (exact) mass is 256 g/mol. The van der Waals surface area contributed by atoms with Crippen molar-refractivity contribution in [2.24, 2.45) is 5.73 Å². The molecule has 1 atom stereocenters. The molecule has 3 heteroatoms. The van der Waals surface area contributed by atoms with E-state index in [4.69, 9.17) is 5.73 Å². The van der Waals surface area contributed by atoms with Gasteiger partial charge < -0.3 is 10.6 Å². The van der Waals surface area contributed by atoms with Gasteiger partial charge in [0.15, 0.2) is 0 Å². The second-order valence-corrected chi connectivity index (χ2v) is 4.21. The topological polar surface area (TPSA) is 29.3 Å². The minimum Gasteiger partial charge on any atom is -0.372 e. The van der Waals surface area contributed by atoms with Crippen LogP contribution in [0.1, 0.15) is 32.8 Å². The molecule has 0 radical (unpaired) electrons. The molecule has 0 aliphatic heterocycles. The third kappa shape index (κ3) is 4.97. The molecule has 0 aliphatic carbocycles. The Bertz CT molecular complexity index is 294. The second-order valence-electron chi connectivity index (χ2n) is 4.21. The van der Waals surface area contributed by atoms with E-state index in [1.165, 1.54) is 11.3 Å². The molecule has 0 aromatic heterocycles. The van der Waals surface area contributed by atoms with Gasteiger partial charge in [0.05, 0.1) is 0 Å². The van der Waals surface area contributed by atoms with Gasteiger partial charge in [-0.25, -0.2) is 0 Å². The maximum atomic E-state index is 5.94. The van der Waals surface area contributed by atoms with Gasteiger partial charge in [-0.05, 0) is 44.4 Å². The fraction of sp³-hybridized carbons (Fsp3) is 0.571. The lowest BCUT2D eigenvalue weighted by Gasteiger charge is -2.21. The first-order valence-electron chi connectivity index (χ1n) is 6.30. The van der Waals surface area contributed by atoms with Crippen LogP contribution in [0.25, 0.3) is 0 Å². The van der Waals surface area contributed by atoms with Gasteiger partial charge in [0.1, 0.15) is 0 Å². The molecule has 1 rings (SSSR count). The zero-order chi connectivity index (χ0) is 12.0. The highest BCUT2D eigenvalue weighted by atomic mass is 35.5. The molecule has 2 nitrogen and oxygen atoms in total. The second kappa shape index (κ2) is 8.37. The van der Waals surface area contributed by atoms with Crippen LogP contribution in [0.15, 0.2) is 24.3 Å². The van der Waals surface area contributed by atoms with Gasteiger partial charge in [-0.3, -0.25) is 0 Å². The summed E-state index contributed by atoms with van der Waals surface area (Å²) in [5.41, 5.74) is 8.59. The van der Waals surface area contributed by atoms with E-state index in [-0.39, 0.29) is 12.4 Å². The van der Waals surface area contributed by atoms with Crippen LogP contribution in [0.4, 0.5) is 5.69 Å². The van der Waals surface area contributed by atoms with Crippen molar-refractivity contribution in [3.05, 3.63) is 29.8 Å². The largest absolute Gasteiger partial charge is 0.372 e. The number of nitrogens with zero attached hydrogens (tertiary/aromatic N) is 1. The van der Waals surface area contributed by atoms with Crippen molar-refractivity contribution < 1.29 is 0 Å². The minimum atomic E-state index is 0. The van der Waals surface area contributed by atoms with E-state index < -0.39 is 0 Å². The highest BCUT2D eigenvalue weighted by molar-refractivity contribution is 5.85. The number of hydrogen-bond donors (Lipinski definition) is 1. The smallest absolute Gasteiger partial charge is 0.0366 e. The zero-order valence-electron chi connectivity index (χ0n) is 11.1. The minimum absolute atomic E-state index is 0. The van der Waals surface area contributed by atoms with Crippen molar-refractivity contribution in [1.82, 2.24) is 0 Å². The molecule has 98 valence electrons. The first-order valence-corrected chi connectivity index (χ1v) is 6.30. The maximum Gasteiger partial charge on any atom is 0.0366 e. The number of rotatable bonds is 6. The summed E-state index contributed by atoms with van der Waals surface area (Å²) >= 11 is 0. The molecular formula is C14H25ClN2. The van der Waals surface area contributed by atoms with Crippen molar-refractivity contribution >= 4 is 18.1 Å². The number of nitrogens with two attached hydrogens (primary N) is 1. The summed E-state index contributed by atoms with van der Waals surface area (Å²) in [5.74, 6) is 0. The van der Waals surface area contributed by atoms with Crippen molar-refractivity contribution in [2.45, 2.75) is 39.7 Å². The fourth-order valence-corrected chi connectivity index (χ4v) is 1.88. The molecule has 0 aliphatic rings. The van der Waals surface area contributed by atoms with Gasteiger partial charge in [0, 0.05) is 24.8 Å². The lowest BCUT2D eigenvalue weighted by molar-refractivity contribution is 0.646. The number of halogens is 1. The average molecular weight is 257 g/mol. The molecule has 17 heavy (non-hydrogen) atoms. The summed E-state index contributed by atoms with van der Waals surface area (Å²) in [6.07, 6.45) is 2.02. The Kier molecular flexibility index (Phi) is 8.01. The third-order valence-corrected chi connectivity index (χ3v) is 3.09. The Balaban J connectivity index is 0.00000256. The van der Waals surface area contributed by atoms with E-state index in [1.807, 2.05) is 0 Å². The molecule has 0 amide bonds. The average Bonchev–Trinajstić information content (AvgIpc) is 2.32. The molecule has 0 heterocycles. The molecule has 0 saturated carbocycles. The van der Waals surface area contributed by atoms with Gasteiger partial charge in [-0.2, -0.15) is 0 Å². The Morgan fingerprint density at radius 1 is 1.06 bits per heavy atom. The number of hydrogen-bond acceptors (Lipinski definition) is 2. The zero-order valence-corrected chi connectivity index (χ0v) is 12.0. The van der Waals surface area contributed by atoms with Crippen LogP contribution < -0.4 is 10.6 Å². The highest BCUT2D eigenvalue weighted by Gasteiger charge is 2.03. The highest BCUT2D eigenvalue weighted by Crippen LogP contribution is 2.15. The Morgan fingerprint density at radius 2 is 1.59 bits per heavy atom. The van der Waals surface area contributed by atoms with Crippen LogP contribution in [0.2, 0.25) is 0 Å². The summed E-state index contributed by atoms with van der Waals surface area (Å²) in [6, 6.07) is 9.08. The van der Waals surface area contributed by atoms with Gasteiger partial charge in [0.25, 0.3) is 0 Å². The molecule has 1 aromatic rings. The van der Waals surface area contributed by atoms with Gasteiger partial charge in [-0.1, -0.05) is 19.1 Å². The first kappa shape index (κ1) is 16.3. The molecule has 1 unspecified atom stereocenters. The lowest BCUT2D eigenvalue weighted by Crippen LogP contribution is -2.22. The standard InChI is InChI=1S/C14H24N2.ClH/c1-4-13(15)11-12-7-9-14(10-8-12)16(5-2)6-3;/h7-10,13H,4-6,11,15H2,1-3H3;1H. The Labute approximate surface area is 112 Å². The molecule has 0 saturated heterocycles. The maximum absolute atomic E-state index is 5.94. The summed E-state index contributed by atoms with van der Waals surface area (Å²) in [5, 5.41) is 0. The molecule has 0 fully saturated rings. The molecular weight excluding hydrogens is 232 g/mol. The summed E-state index contributed by atoms with van der Waals surface area (Å²) in [6.45, 7) is 8.62. The Hall–Kier alpha value is -0.730. The fourth-order valence-electron chi connectivity index (χ4n) is 1.88. The SMILES string of the molecule is CCC(N)Cc1ccc(N(CC)CC)cc1.Cl. The molecule has 0 spiro atoms. The van der Waals surface area contributed by atoms with Crippen LogP contribution in [0, 0.1) is 0 Å². The number of benzene rings is 1. The third-order valence-electron chi connectivity index (χ3n) is 3.09. The van der Waals surface area contributed by atoms with Crippen LogP contribution in [-0.4, -0.2) is 19.1 Å². The van der Waals surface area contributed by atoms with Gasteiger partial charge >= 0.3 is 0 Å². The van der Waals surface area contributed by atoms with Crippen LogP contribution in [-0.2, 0) is 6.42 Å². The van der Waals surface area contributed by atoms with E-state index in [0.717, 1.165) is 25.9 Å². The van der Waals surface area contributed by atoms with Crippen LogP contribution >= 0.6 is 12.4 Å².